The van der Waals surface area contributed by atoms with Crippen molar-refractivity contribution >= 4 is 11.8 Å². The van der Waals surface area contributed by atoms with Gasteiger partial charge in [0.05, 0.1) is 31.0 Å². The number of para-hydroxylation sites is 1. The Balaban J connectivity index is 1.46. The minimum atomic E-state index is -0.268. The van der Waals surface area contributed by atoms with Crippen LogP contribution in [-0.4, -0.2) is 65.9 Å². The van der Waals surface area contributed by atoms with Crippen molar-refractivity contribution in [2.45, 2.75) is 6.42 Å². The highest BCUT2D eigenvalue weighted by atomic mass is 16.5. The van der Waals surface area contributed by atoms with Gasteiger partial charge in [-0.05, 0) is 12.1 Å². The second-order valence-electron chi connectivity index (χ2n) is 7.91. The summed E-state index contributed by atoms with van der Waals surface area (Å²) in [5.41, 5.74) is 2.91. The SMILES string of the molecule is O=C1c2c(-c3ccccc3)nn(-c3ccccc3)c2C(=O)N1CCC[NH+]1CCOCC1. The molecule has 0 atom stereocenters. The number of carbonyl (C=O) groups is 2. The molecule has 2 aromatic carbocycles. The number of ether oxygens (including phenoxy) is 1. The zero-order valence-electron chi connectivity index (χ0n) is 17.3. The predicted octanol–water partition coefficient (Wildman–Crippen LogP) is 1.44. The first-order chi connectivity index (χ1) is 15.2. The van der Waals surface area contributed by atoms with Gasteiger partial charge in [0.1, 0.15) is 24.5 Å². The largest absolute Gasteiger partial charge is 0.370 e. The number of nitrogens with one attached hydrogen (secondary N) is 1. The maximum Gasteiger partial charge on any atom is 0.280 e. The lowest BCUT2D eigenvalue weighted by Gasteiger charge is -2.24. The van der Waals surface area contributed by atoms with Gasteiger partial charge in [-0.3, -0.25) is 14.5 Å². The van der Waals surface area contributed by atoms with Gasteiger partial charge < -0.3 is 9.64 Å². The molecule has 1 N–H and O–H groups in total. The summed E-state index contributed by atoms with van der Waals surface area (Å²) in [6.45, 7) is 4.84. The van der Waals surface area contributed by atoms with E-state index in [1.807, 2.05) is 60.7 Å². The molecular weight excluding hydrogens is 392 g/mol. The van der Waals surface area contributed by atoms with Crippen molar-refractivity contribution in [3.63, 3.8) is 0 Å². The van der Waals surface area contributed by atoms with Gasteiger partial charge in [0.25, 0.3) is 11.8 Å². The Morgan fingerprint density at radius 1 is 0.903 bits per heavy atom. The molecule has 31 heavy (non-hydrogen) atoms. The van der Waals surface area contributed by atoms with Crippen molar-refractivity contribution in [2.24, 2.45) is 0 Å². The monoisotopic (exact) mass is 417 g/mol. The number of rotatable bonds is 6. The summed E-state index contributed by atoms with van der Waals surface area (Å²) < 4.78 is 7.02. The summed E-state index contributed by atoms with van der Waals surface area (Å²) in [5.74, 6) is -0.520. The molecule has 158 valence electrons. The van der Waals surface area contributed by atoms with Crippen LogP contribution in [0, 0.1) is 0 Å². The fourth-order valence-electron chi connectivity index (χ4n) is 4.33. The quantitative estimate of drug-likeness (QED) is 0.617. The van der Waals surface area contributed by atoms with E-state index < -0.39 is 0 Å². The second-order valence-corrected chi connectivity index (χ2v) is 7.91. The van der Waals surface area contributed by atoms with Gasteiger partial charge in [-0.15, -0.1) is 0 Å². The topological polar surface area (TPSA) is 68.9 Å². The van der Waals surface area contributed by atoms with Crippen molar-refractivity contribution in [2.75, 3.05) is 39.4 Å². The lowest BCUT2D eigenvalue weighted by atomic mass is 10.1. The van der Waals surface area contributed by atoms with Crippen LogP contribution in [-0.2, 0) is 4.74 Å². The number of carbonyl (C=O) groups excluding carboxylic acids is 2. The molecule has 0 radical (unpaired) electrons. The van der Waals surface area contributed by atoms with Crippen LogP contribution in [0.5, 0.6) is 0 Å². The first-order valence-corrected chi connectivity index (χ1v) is 10.8. The highest BCUT2D eigenvalue weighted by Crippen LogP contribution is 2.34. The Hall–Kier alpha value is -3.29. The lowest BCUT2D eigenvalue weighted by Crippen LogP contribution is -3.14. The van der Waals surface area contributed by atoms with Crippen molar-refractivity contribution < 1.29 is 19.2 Å². The van der Waals surface area contributed by atoms with Crippen LogP contribution in [0.15, 0.2) is 60.7 Å². The fourth-order valence-corrected chi connectivity index (χ4v) is 4.33. The van der Waals surface area contributed by atoms with E-state index in [2.05, 4.69) is 0 Å². The number of aromatic nitrogens is 2. The van der Waals surface area contributed by atoms with Crippen LogP contribution in [0.1, 0.15) is 27.3 Å². The number of benzene rings is 2. The van der Waals surface area contributed by atoms with Gasteiger partial charge in [0.2, 0.25) is 0 Å². The number of nitrogens with zero attached hydrogens (tertiary/aromatic N) is 3. The number of imide groups is 1. The minimum Gasteiger partial charge on any atom is -0.370 e. The standard InChI is InChI=1S/C24H24N4O3/c29-23-20-21(18-8-3-1-4-9-18)25-28(19-10-5-2-6-11-19)22(20)24(30)27(23)13-7-12-26-14-16-31-17-15-26/h1-6,8-11H,7,12-17H2/p+1. The first-order valence-electron chi connectivity index (χ1n) is 10.8. The van der Waals surface area contributed by atoms with Gasteiger partial charge in [-0.25, -0.2) is 4.68 Å². The Morgan fingerprint density at radius 3 is 2.29 bits per heavy atom. The summed E-state index contributed by atoms with van der Waals surface area (Å²) in [6.07, 6.45) is 0.774. The molecule has 0 aliphatic carbocycles. The Labute approximate surface area is 180 Å². The van der Waals surface area contributed by atoms with Crippen LogP contribution < -0.4 is 4.90 Å². The third-order valence-electron chi connectivity index (χ3n) is 5.95. The summed E-state index contributed by atoms with van der Waals surface area (Å²) in [6, 6.07) is 19.1. The molecule has 0 bridgehead atoms. The number of fused-ring (bicyclic) bond motifs is 1. The molecule has 7 heteroatoms. The van der Waals surface area contributed by atoms with Crippen LogP contribution in [0.3, 0.4) is 0 Å². The Bertz CT molecular complexity index is 1010. The molecule has 0 spiro atoms. The van der Waals surface area contributed by atoms with Gasteiger partial charge in [0, 0.05) is 18.5 Å². The molecule has 2 aliphatic rings. The molecular formula is C24H25N4O3+. The second kappa shape index (κ2) is 8.45. The summed E-state index contributed by atoms with van der Waals surface area (Å²) in [7, 11) is 0. The van der Waals surface area contributed by atoms with Crippen molar-refractivity contribution in [1.82, 2.24) is 14.7 Å². The molecule has 1 aromatic heterocycles. The van der Waals surface area contributed by atoms with E-state index in [4.69, 9.17) is 9.84 Å². The maximum absolute atomic E-state index is 13.4. The van der Waals surface area contributed by atoms with Crippen LogP contribution in [0.4, 0.5) is 0 Å². The molecule has 3 aromatic rings. The van der Waals surface area contributed by atoms with Gasteiger partial charge in [-0.2, -0.15) is 5.10 Å². The van der Waals surface area contributed by atoms with Crippen molar-refractivity contribution in [1.29, 1.82) is 0 Å². The van der Waals surface area contributed by atoms with E-state index in [1.165, 1.54) is 9.80 Å². The normalized spacial score (nSPS) is 16.7. The highest BCUT2D eigenvalue weighted by Gasteiger charge is 2.42. The number of hydrogen-bond donors (Lipinski definition) is 1. The van der Waals surface area contributed by atoms with Crippen LogP contribution in [0.2, 0.25) is 0 Å². The predicted molar refractivity (Wildman–Crippen MR) is 115 cm³/mol. The van der Waals surface area contributed by atoms with E-state index in [1.54, 1.807) is 4.68 Å². The van der Waals surface area contributed by atoms with Crippen molar-refractivity contribution in [3.8, 4) is 16.9 Å². The molecule has 2 amide bonds. The maximum atomic E-state index is 13.4. The van der Waals surface area contributed by atoms with Crippen LogP contribution in [0.25, 0.3) is 16.9 Å². The van der Waals surface area contributed by atoms with E-state index in [-0.39, 0.29) is 11.8 Å². The summed E-state index contributed by atoms with van der Waals surface area (Å²) >= 11 is 0. The fraction of sp³-hybridized carbons (Fsp3) is 0.292. The lowest BCUT2D eigenvalue weighted by molar-refractivity contribution is -0.908. The zero-order valence-corrected chi connectivity index (χ0v) is 17.3. The van der Waals surface area contributed by atoms with Gasteiger partial charge in [0.15, 0.2) is 0 Å². The molecule has 2 aliphatic heterocycles. The van der Waals surface area contributed by atoms with E-state index in [0.29, 0.717) is 23.5 Å². The van der Waals surface area contributed by atoms with Crippen LogP contribution >= 0.6 is 0 Å². The highest BCUT2D eigenvalue weighted by molar-refractivity contribution is 6.23. The van der Waals surface area contributed by atoms with Crippen molar-refractivity contribution in [3.05, 3.63) is 71.9 Å². The molecule has 5 rings (SSSR count). The number of quaternary nitrogens is 1. The van der Waals surface area contributed by atoms with Gasteiger partial charge >= 0.3 is 0 Å². The molecule has 1 saturated heterocycles. The smallest absolute Gasteiger partial charge is 0.280 e. The Kier molecular flexibility index (Phi) is 5.36. The molecule has 0 unspecified atom stereocenters. The Morgan fingerprint density at radius 2 is 1.58 bits per heavy atom. The van der Waals surface area contributed by atoms with Gasteiger partial charge in [-0.1, -0.05) is 48.5 Å². The number of amides is 2. The molecule has 1 fully saturated rings. The molecule has 7 nitrogen and oxygen atoms in total. The molecule has 0 saturated carbocycles. The molecule has 3 heterocycles. The third-order valence-corrected chi connectivity index (χ3v) is 5.95. The zero-order chi connectivity index (χ0) is 21.2. The third kappa shape index (κ3) is 3.66. The number of hydrogen-bond acceptors (Lipinski definition) is 4. The minimum absolute atomic E-state index is 0.252. The number of morpholine rings is 1. The average Bonchev–Trinajstić information content (AvgIpc) is 3.33. The first kappa shape index (κ1) is 19.7. The summed E-state index contributed by atoms with van der Waals surface area (Å²) in [5, 5.41) is 4.69. The van der Waals surface area contributed by atoms with E-state index in [0.717, 1.165) is 50.5 Å². The van der Waals surface area contributed by atoms with E-state index >= 15 is 0 Å². The van der Waals surface area contributed by atoms with E-state index in [9.17, 15) is 9.59 Å². The average molecular weight is 417 g/mol. The summed E-state index contributed by atoms with van der Waals surface area (Å²) in [4.78, 5) is 29.5.